The van der Waals surface area contributed by atoms with Gasteiger partial charge in [-0.1, -0.05) is 0 Å². The van der Waals surface area contributed by atoms with Crippen LogP contribution in [-0.2, 0) is 11.0 Å². The van der Waals surface area contributed by atoms with E-state index in [9.17, 15) is 18.0 Å². The van der Waals surface area contributed by atoms with E-state index in [-0.39, 0.29) is 24.5 Å². The van der Waals surface area contributed by atoms with Gasteiger partial charge in [-0.25, -0.2) is 0 Å². The molecule has 0 aliphatic rings. The quantitative estimate of drug-likeness (QED) is 0.802. The smallest absolute Gasteiger partial charge is 0.416 e. The van der Waals surface area contributed by atoms with E-state index in [4.69, 9.17) is 15.6 Å². The Morgan fingerprint density at radius 3 is 2.53 bits per heavy atom. The van der Waals surface area contributed by atoms with Gasteiger partial charge in [0.1, 0.15) is 5.75 Å². The van der Waals surface area contributed by atoms with Crippen LogP contribution in [0.5, 0.6) is 5.75 Å². The molecule has 1 rings (SSSR count). The summed E-state index contributed by atoms with van der Waals surface area (Å²) in [5, 5.41) is 8.35. The van der Waals surface area contributed by atoms with Gasteiger partial charge in [0, 0.05) is 0 Å². The third-order valence-corrected chi connectivity index (χ3v) is 1.91. The first-order chi connectivity index (χ1) is 7.80. The van der Waals surface area contributed by atoms with E-state index < -0.39 is 17.7 Å². The van der Waals surface area contributed by atoms with Crippen molar-refractivity contribution in [3.63, 3.8) is 0 Å². The maximum atomic E-state index is 12.3. The van der Waals surface area contributed by atoms with Gasteiger partial charge in [0.2, 0.25) is 0 Å². The molecule has 0 saturated heterocycles. The number of hydrogen-bond donors (Lipinski definition) is 2. The number of nitrogens with two attached hydrogens (primary N) is 1. The highest BCUT2D eigenvalue weighted by Gasteiger charge is 2.30. The lowest BCUT2D eigenvalue weighted by Crippen LogP contribution is -2.08. The van der Waals surface area contributed by atoms with Crippen molar-refractivity contribution in [2.45, 2.75) is 12.6 Å². The molecule has 0 fully saturated rings. The van der Waals surface area contributed by atoms with Gasteiger partial charge in [0.05, 0.1) is 24.3 Å². The lowest BCUT2D eigenvalue weighted by molar-refractivity contribution is -0.138. The van der Waals surface area contributed by atoms with Crippen LogP contribution >= 0.6 is 0 Å². The summed E-state index contributed by atoms with van der Waals surface area (Å²) in [5.41, 5.74) is 4.31. The molecule has 0 unspecified atom stereocenters. The minimum atomic E-state index is -4.46. The van der Waals surface area contributed by atoms with Crippen molar-refractivity contribution < 1.29 is 27.8 Å². The number of nitrogen functional groups attached to an aromatic ring is 1. The van der Waals surface area contributed by atoms with Crippen LogP contribution in [0.4, 0.5) is 18.9 Å². The summed E-state index contributed by atoms with van der Waals surface area (Å²) in [6.45, 7) is -0.148. The van der Waals surface area contributed by atoms with Crippen LogP contribution in [0.1, 0.15) is 12.0 Å². The van der Waals surface area contributed by atoms with E-state index in [0.29, 0.717) is 0 Å². The zero-order chi connectivity index (χ0) is 13.1. The maximum absolute atomic E-state index is 12.3. The Bertz CT molecular complexity index is 418. The Labute approximate surface area is 94.8 Å². The van der Waals surface area contributed by atoms with Gasteiger partial charge in [-0.15, -0.1) is 0 Å². The lowest BCUT2D eigenvalue weighted by atomic mass is 10.2. The van der Waals surface area contributed by atoms with Crippen molar-refractivity contribution >= 4 is 11.7 Å². The molecule has 0 atom stereocenters. The molecule has 0 amide bonds. The third kappa shape index (κ3) is 3.86. The van der Waals surface area contributed by atoms with E-state index in [1.165, 1.54) is 0 Å². The van der Waals surface area contributed by atoms with Crippen LogP contribution in [-0.4, -0.2) is 17.7 Å². The number of hydrogen-bond acceptors (Lipinski definition) is 3. The van der Waals surface area contributed by atoms with Gasteiger partial charge in [-0.05, 0) is 18.2 Å². The minimum Gasteiger partial charge on any atom is -0.491 e. The average molecular weight is 249 g/mol. The second-order valence-corrected chi connectivity index (χ2v) is 3.24. The van der Waals surface area contributed by atoms with E-state index in [1.807, 2.05) is 0 Å². The summed E-state index contributed by atoms with van der Waals surface area (Å²) < 4.78 is 41.8. The molecule has 7 heteroatoms. The Morgan fingerprint density at radius 2 is 2.06 bits per heavy atom. The molecule has 0 aromatic heterocycles. The van der Waals surface area contributed by atoms with Crippen LogP contribution in [0, 0.1) is 0 Å². The Kier molecular flexibility index (Phi) is 3.82. The Hall–Kier alpha value is -1.92. The van der Waals surface area contributed by atoms with Gasteiger partial charge in [-0.2, -0.15) is 13.2 Å². The summed E-state index contributed by atoms with van der Waals surface area (Å²) in [5.74, 6) is -1.02. The van der Waals surface area contributed by atoms with Crippen molar-refractivity contribution in [3.8, 4) is 5.75 Å². The summed E-state index contributed by atoms with van der Waals surface area (Å²) in [4.78, 5) is 10.2. The summed E-state index contributed by atoms with van der Waals surface area (Å²) in [6.07, 6.45) is -4.71. The fourth-order valence-corrected chi connectivity index (χ4v) is 1.10. The number of ether oxygens (including phenoxy) is 1. The standard InChI is InChI=1S/C10H10F3NO3/c11-10(12,13)6-1-2-8(7(14)5-6)17-4-3-9(15)16/h1-2,5H,3-4,14H2,(H,15,16). The molecule has 0 saturated carbocycles. The number of alkyl halides is 3. The highest BCUT2D eigenvalue weighted by molar-refractivity contribution is 5.66. The summed E-state index contributed by atoms with van der Waals surface area (Å²) in [6, 6.07) is 2.64. The largest absolute Gasteiger partial charge is 0.491 e. The molecule has 94 valence electrons. The first kappa shape index (κ1) is 13.1. The first-order valence-corrected chi connectivity index (χ1v) is 4.62. The lowest BCUT2D eigenvalue weighted by Gasteiger charge is -2.11. The molecule has 0 radical (unpaired) electrons. The topological polar surface area (TPSA) is 72.5 Å². The first-order valence-electron chi connectivity index (χ1n) is 4.62. The molecule has 17 heavy (non-hydrogen) atoms. The Balaban J connectivity index is 2.73. The minimum absolute atomic E-state index is 0.0410. The normalized spacial score (nSPS) is 11.2. The van der Waals surface area contributed by atoms with E-state index >= 15 is 0 Å². The molecule has 1 aromatic rings. The van der Waals surface area contributed by atoms with Crippen LogP contribution in [0.2, 0.25) is 0 Å². The summed E-state index contributed by atoms with van der Waals surface area (Å²) >= 11 is 0. The number of halogens is 3. The van der Waals surface area contributed by atoms with Crippen molar-refractivity contribution in [2.75, 3.05) is 12.3 Å². The second kappa shape index (κ2) is 4.94. The average Bonchev–Trinajstić information content (AvgIpc) is 2.18. The number of carboxylic acids is 1. The molecule has 0 spiro atoms. The predicted molar refractivity (Wildman–Crippen MR) is 53.6 cm³/mol. The highest BCUT2D eigenvalue weighted by atomic mass is 19.4. The van der Waals surface area contributed by atoms with E-state index in [0.717, 1.165) is 18.2 Å². The monoisotopic (exact) mass is 249 g/mol. The third-order valence-electron chi connectivity index (χ3n) is 1.91. The molecule has 0 bridgehead atoms. The number of aliphatic carboxylic acids is 1. The Morgan fingerprint density at radius 1 is 1.41 bits per heavy atom. The fraction of sp³-hybridized carbons (Fsp3) is 0.300. The molecule has 0 aliphatic carbocycles. The van der Waals surface area contributed by atoms with Gasteiger partial charge in [0.25, 0.3) is 0 Å². The van der Waals surface area contributed by atoms with Crippen molar-refractivity contribution in [3.05, 3.63) is 23.8 Å². The number of carbonyl (C=O) groups is 1. The zero-order valence-electron chi connectivity index (χ0n) is 8.62. The predicted octanol–water partition coefficient (Wildman–Crippen LogP) is 2.14. The van der Waals surface area contributed by atoms with Gasteiger partial charge >= 0.3 is 12.1 Å². The highest BCUT2D eigenvalue weighted by Crippen LogP contribution is 2.33. The molecule has 1 aromatic carbocycles. The molecular formula is C10H10F3NO3. The van der Waals surface area contributed by atoms with E-state index in [2.05, 4.69) is 0 Å². The molecule has 0 heterocycles. The van der Waals surface area contributed by atoms with Gasteiger partial charge in [0.15, 0.2) is 0 Å². The van der Waals surface area contributed by atoms with Crippen molar-refractivity contribution in [1.82, 2.24) is 0 Å². The fourth-order valence-electron chi connectivity index (χ4n) is 1.10. The van der Waals surface area contributed by atoms with E-state index in [1.54, 1.807) is 0 Å². The second-order valence-electron chi connectivity index (χ2n) is 3.24. The van der Waals surface area contributed by atoms with Gasteiger partial charge in [-0.3, -0.25) is 4.79 Å². The van der Waals surface area contributed by atoms with Crippen molar-refractivity contribution in [2.24, 2.45) is 0 Å². The summed E-state index contributed by atoms with van der Waals surface area (Å²) in [7, 11) is 0. The van der Waals surface area contributed by atoms with Crippen molar-refractivity contribution in [1.29, 1.82) is 0 Å². The molecular weight excluding hydrogens is 239 g/mol. The molecule has 3 N–H and O–H groups in total. The molecule has 0 aliphatic heterocycles. The number of rotatable bonds is 4. The van der Waals surface area contributed by atoms with Gasteiger partial charge < -0.3 is 15.6 Å². The number of carboxylic acid groups (broad SMARTS) is 1. The number of benzene rings is 1. The zero-order valence-corrected chi connectivity index (χ0v) is 8.62. The van der Waals surface area contributed by atoms with Crippen LogP contribution < -0.4 is 10.5 Å². The van der Waals surface area contributed by atoms with Crippen LogP contribution in [0.15, 0.2) is 18.2 Å². The number of anilines is 1. The SMILES string of the molecule is Nc1cc(C(F)(F)F)ccc1OCCC(=O)O. The maximum Gasteiger partial charge on any atom is 0.416 e. The van der Waals surface area contributed by atoms with Crippen LogP contribution in [0.25, 0.3) is 0 Å². The van der Waals surface area contributed by atoms with Crippen LogP contribution in [0.3, 0.4) is 0 Å². The molecule has 4 nitrogen and oxygen atoms in total.